The molecule has 1 aromatic heterocycles. The van der Waals surface area contributed by atoms with Gasteiger partial charge in [-0.3, -0.25) is 0 Å². The number of nitrogen functional groups attached to an aromatic ring is 1. The van der Waals surface area contributed by atoms with Gasteiger partial charge in [-0.25, -0.2) is 4.79 Å². The molecule has 0 radical (unpaired) electrons. The van der Waals surface area contributed by atoms with Gasteiger partial charge in [-0.15, -0.1) is 6.42 Å². The first-order chi connectivity index (χ1) is 9.31. The summed E-state index contributed by atoms with van der Waals surface area (Å²) in [7, 11) is 0. The molecule has 20 heavy (non-hydrogen) atoms. The Labute approximate surface area is 119 Å². The van der Waals surface area contributed by atoms with Crippen LogP contribution in [0.3, 0.4) is 0 Å². The molecule has 1 aliphatic rings. The van der Waals surface area contributed by atoms with Crippen LogP contribution in [0.15, 0.2) is 11.0 Å². The second-order valence-electron chi connectivity index (χ2n) is 4.46. The first-order valence-corrected chi connectivity index (χ1v) is 6.08. The Morgan fingerprint density at radius 3 is 2.90 bits per heavy atom. The van der Waals surface area contributed by atoms with Gasteiger partial charge in [0, 0.05) is 0 Å². The molecule has 1 saturated heterocycles. The number of aromatic nitrogens is 3. The van der Waals surface area contributed by atoms with Crippen LogP contribution in [-0.4, -0.2) is 48.2 Å². The van der Waals surface area contributed by atoms with E-state index >= 15 is 0 Å². The molecule has 108 valence electrons. The topological polar surface area (TPSA) is 123 Å². The zero-order valence-electron chi connectivity index (χ0n) is 10.5. The van der Waals surface area contributed by atoms with Crippen molar-refractivity contribution < 1.29 is 14.9 Å². The maximum atomic E-state index is 11.8. The van der Waals surface area contributed by atoms with Crippen LogP contribution in [0, 0.1) is 12.3 Å². The molecule has 0 bridgehead atoms. The molecule has 1 aromatic rings. The van der Waals surface area contributed by atoms with Gasteiger partial charge in [0.25, 0.3) is 0 Å². The monoisotopic (exact) mass is 300 g/mol. The molecular formula is C11H13ClN4O4. The van der Waals surface area contributed by atoms with Gasteiger partial charge in [-0.05, 0) is 6.92 Å². The molecule has 5 atom stereocenters. The van der Waals surface area contributed by atoms with Crippen LogP contribution in [0.5, 0.6) is 0 Å². The lowest BCUT2D eigenvalue weighted by atomic mass is 9.97. The fourth-order valence-electron chi connectivity index (χ4n) is 2.00. The van der Waals surface area contributed by atoms with Crippen molar-refractivity contribution in [3.63, 3.8) is 0 Å². The van der Waals surface area contributed by atoms with Crippen molar-refractivity contribution in [2.24, 2.45) is 0 Å². The van der Waals surface area contributed by atoms with E-state index in [1.165, 1.54) is 6.92 Å². The van der Waals surface area contributed by atoms with E-state index in [4.69, 9.17) is 28.5 Å². The largest absolute Gasteiger partial charge is 0.391 e. The SMILES string of the molecule is C#CC1(Cl)[C@@H](O)[C@@H]([C@H](C)O)O[C@H]1n1ncc(N)nc1=O. The van der Waals surface area contributed by atoms with Crippen molar-refractivity contribution in [2.75, 3.05) is 5.73 Å². The number of alkyl halides is 1. The number of hydrogen-bond acceptors (Lipinski definition) is 7. The van der Waals surface area contributed by atoms with Crippen molar-refractivity contribution in [1.82, 2.24) is 14.8 Å². The van der Waals surface area contributed by atoms with Crippen molar-refractivity contribution in [2.45, 2.75) is 36.3 Å². The summed E-state index contributed by atoms with van der Waals surface area (Å²) in [5, 5.41) is 23.4. The molecule has 0 aliphatic carbocycles. The lowest BCUT2D eigenvalue weighted by Gasteiger charge is -2.24. The second kappa shape index (κ2) is 5.03. The minimum atomic E-state index is -1.75. The van der Waals surface area contributed by atoms with Crippen LogP contribution in [0.1, 0.15) is 13.2 Å². The van der Waals surface area contributed by atoms with Crippen molar-refractivity contribution in [1.29, 1.82) is 0 Å². The highest BCUT2D eigenvalue weighted by Crippen LogP contribution is 2.43. The Hall–Kier alpha value is -1.66. The summed E-state index contributed by atoms with van der Waals surface area (Å²) in [5.41, 5.74) is 4.51. The van der Waals surface area contributed by atoms with Gasteiger partial charge in [0.1, 0.15) is 18.0 Å². The van der Waals surface area contributed by atoms with E-state index in [0.29, 0.717) is 0 Å². The molecule has 0 saturated carbocycles. The number of aliphatic hydroxyl groups is 2. The predicted molar refractivity (Wildman–Crippen MR) is 69.7 cm³/mol. The van der Waals surface area contributed by atoms with Crippen LogP contribution < -0.4 is 11.4 Å². The molecule has 1 unspecified atom stereocenters. The van der Waals surface area contributed by atoms with Crippen LogP contribution >= 0.6 is 11.6 Å². The number of terminal acetylenes is 1. The number of nitrogens with two attached hydrogens (primary N) is 1. The number of anilines is 1. The second-order valence-corrected chi connectivity index (χ2v) is 5.08. The van der Waals surface area contributed by atoms with Gasteiger partial charge in [0.15, 0.2) is 11.1 Å². The Bertz CT molecular complexity index is 613. The van der Waals surface area contributed by atoms with Crippen LogP contribution in [0.25, 0.3) is 0 Å². The average Bonchev–Trinajstić information content (AvgIpc) is 2.64. The van der Waals surface area contributed by atoms with Crippen LogP contribution in [0.2, 0.25) is 0 Å². The minimum absolute atomic E-state index is 0.0715. The van der Waals surface area contributed by atoms with Gasteiger partial charge in [0.2, 0.25) is 0 Å². The summed E-state index contributed by atoms with van der Waals surface area (Å²) >= 11 is 6.18. The highest BCUT2D eigenvalue weighted by atomic mass is 35.5. The molecule has 1 fully saturated rings. The lowest BCUT2D eigenvalue weighted by molar-refractivity contribution is -0.0809. The van der Waals surface area contributed by atoms with Crippen LogP contribution in [0.4, 0.5) is 5.82 Å². The minimum Gasteiger partial charge on any atom is -0.391 e. The maximum Gasteiger partial charge on any atom is 0.368 e. The normalized spacial score (nSPS) is 34.6. The third kappa shape index (κ3) is 2.14. The summed E-state index contributed by atoms with van der Waals surface area (Å²) in [5.74, 6) is 2.11. The predicted octanol–water partition coefficient (Wildman–Crippen LogP) is -1.53. The zero-order valence-corrected chi connectivity index (χ0v) is 11.2. The third-order valence-electron chi connectivity index (χ3n) is 3.04. The summed E-state index contributed by atoms with van der Waals surface area (Å²) in [6.07, 6.45) is 1.71. The standard InChI is InChI=1S/C11H13ClN4O4/c1-3-11(12)8(18)7(5(2)17)20-9(11)16-10(19)15-6(13)4-14-16/h1,4-5,7-9,17-18H,2H3,(H2,13,15,19)/t5-,7+,8-,9+,11?/m0/s1. The Kier molecular flexibility index (Phi) is 3.71. The van der Waals surface area contributed by atoms with Gasteiger partial charge in [-0.2, -0.15) is 14.8 Å². The van der Waals surface area contributed by atoms with E-state index in [0.717, 1.165) is 10.9 Å². The lowest BCUT2D eigenvalue weighted by Crippen LogP contribution is -2.45. The van der Waals surface area contributed by atoms with Gasteiger partial charge < -0.3 is 20.7 Å². The van der Waals surface area contributed by atoms with E-state index in [1.807, 2.05) is 0 Å². The first kappa shape index (κ1) is 14.7. The number of nitrogens with zero attached hydrogens (tertiary/aromatic N) is 3. The number of rotatable bonds is 2. The van der Waals surface area contributed by atoms with E-state index in [-0.39, 0.29) is 5.82 Å². The van der Waals surface area contributed by atoms with E-state index in [1.54, 1.807) is 0 Å². The van der Waals surface area contributed by atoms with Crippen LogP contribution in [-0.2, 0) is 4.74 Å². The highest BCUT2D eigenvalue weighted by molar-refractivity contribution is 6.27. The van der Waals surface area contributed by atoms with Gasteiger partial charge in [0.05, 0.1) is 12.3 Å². The number of ether oxygens (including phenoxy) is 1. The summed E-state index contributed by atoms with van der Waals surface area (Å²) in [4.78, 5) is 13.5. The third-order valence-corrected chi connectivity index (χ3v) is 3.56. The number of aliphatic hydroxyl groups excluding tert-OH is 2. The van der Waals surface area contributed by atoms with Crippen molar-refractivity contribution in [3.05, 3.63) is 16.7 Å². The van der Waals surface area contributed by atoms with Crippen molar-refractivity contribution >= 4 is 17.4 Å². The number of halogens is 1. The molecule has 8 nitrogen and oxygen atoms in total. The molecule has 1 aliphatic heterocycles. The molecule has 9 heteroatoms. The van der Waals surface area contributed by atoms with Crippen molar-refractivity contribution in [3.8, 4) is 12.3 Å². The van der Waals surface area contributed by atoms with E-state index in [2.05, 4.69) is 16.0 Å². The van der Waals surface area contributed by atoms with E-state index in [9.17, 15) is 15.0 Å². The molecule has 2 rings (SSSR count). The highest BCUT2D eigenvalue weighted by Gasteiger charge is 2.57. The maximum absolute atomic E-state index is 11.8. The Morgan fingerprint density at radius 2 is 2.40 bits per heavy atom. The summed E-state index contributed by atoms with van der Waals surface area (Å²) in [6.45, 7) is 1.40. The molecule has 0 aromatic carbocycles. The molecule has 0 spiro atoms. The zero-order chi connectivity index (χ0) is 15.1. The quantitative estimate of drug-likeness (QED) is 0.447. The summed E-state index contributed by atoms with van der Waals surface area (Å²) < 4.78 is 6.18. The smallest absolute Gasteiger partial charge is 0.368 e. The van der Waals surface area contributed by atoms with E-state index < -0.39 is 35.1 Å². The summed E-state index contributed by atoms with van der Waals surface area (Å²) in [6, 6.07) is 0. The Balaban J connectivity index is 2.50. The molecular weight excluding hydrogens is 288 g/mol. The Morgan fingerprint density at radius 1 is 1.75 bits per heavy atom. The molecule has 2 heterocycles. The van der Waals surface area contributed by atoms with Gasteiger partial charge in [-0.1, -0.05) is 17.5 Å². The fourth-order valence-corrected chi connectivity index (χ4v) is 2.27. The fraction of sp³-hybridized carbons (Fsp3) is 0.545. The molecule has 0 amide bonds. The first-order valence-electron chi connectivity index (χ1n) is 5.71. The number of hydrogen-bond donors (Lipinski definition) is 3. The van der Waals surface area contributed by atoms with Gasteiger partial charge >= 0.3 is 5.69 Å². The average molecular weight is 301 g/mol. The molecule has 4 N–H and O–H groups in total.